The number of thiophene rings is 1. The van der Waals surface area contributed by atoms with E-state index in [0.717, 1.165) is 44.9 Å². The van der Waals surface area contributed by atoms with E-state index in [1.54, 1.807) is 35.2 Å². The van der Waals surface area contributed by atoms with Crippen molar-refractivity contribution in [3.05, 3.63) is 99.6 Å². The van der Waals surface area contributed by atoms with Gasteiger partial charge in [0.2, 0.25) is 23.6 Å². The van der Waals surface area contributed by atoms with E-state index in [1.807, 2.05) is 62.4 Å². The summed E-state index contributed by atoms with van der Waals surface area (Å²) in [6.45, 7) is 6.62. The fraction of sp³-hybridized carbons (Fsp3) is 0.341. The van der Waals surface area contributed by atoms with Crippen LogP contribution in [0.5, 0.6) is 5.75 Å². The largest absolute Gasteiger partial charge is 0.508 e. The number of allylic oxidation sites excluding steroid dienone is 2. The van der Waals surface area contributed by atoms with E-state index in [9.17, 15) is 19.5 Å². The Bertz CT molecular complexity index is 2630. The summed E-state index contributed by atoms with van der Waals surface area (Å²) < 4.78 is 8.11. The molecule has 0 spiro atoms. The molecule has 0 radical (unpaired) electrons. The Balaban J connectivity index is 1.04. The summed E-state index contributed by atoms with van der Waals surface area (Å²) in [5.74, 6) is -4.54. The van der Waals surface area contributed by atoms with Gasteiger partial charge in [-0.1, -0.05) is 40.9 Å². The Kier molecular flexibility index (Phi) is 8.69. The zero-order valence-electron chi connectivity index (χ0n) is 31.9. The Hall–Kier alpha value is -5.01. The van der Waals surface area contributed by atoms with E-state index in [4.69, 9.17) is 33.0 Å². The first-order chi connectivity index (χ1) is 27.9. The average molecular weight is 837 g/mol. The summed E-state index contributed by atoms with van der Waals surface area (Å²) >= 11 is 14.8. The van der Waals surface area contributed by atoms with Gasteiger partial charge in [-0.2, -0.15) is 5.10 Å². The van der Waals surface area contributed by atoms with Crippen LogP contribution in [0.25, 0.3) is 20.7 Å². The van der Waals surface area contributed by atoms with Crippen molar-refractivity contribution in [1.82, 2.24) is 9.78 Å². The van der Waals surface area contributed by atoms with E-state index in [-0.39, 0.29) is 29.0 Å². The quantitative estimate of drug-likeness (QED) is 0.140. The third-order valence-corrected chi connectivity index (χ3v) is 15.1. The van der Waals surface area contributed by atoms with Gasteiger partial charge in [0.25, 0.3) is 0 Å². The molecule has 2 aromatic heterocycles. The van der Waals surface area contributed by atoms with Crippen LogP contribution in [0.3, 0.4) is 0 Å². The highest BCUT2D eigenvalue weighted by atomic mass is 35.5. The number of halogens is 2. The predicted octanol–water partition coefficient (Wildman–Crippen LogP) is 7.89. The first-order valence-electron chi connectivity index (χ1n) is 19.5. The van der Waals surface area contributed by atoms with Crippen LogP contribution in [0.1, 0.15) is 36.8 Å². The molecule has 4 fully saturated rings. The number of phenolic OH excluding ortho intramolecular Hbond substituents is 1. The average Bonchev–Trinajstić information content (AvgIpc) is 3.89. The van der Waals surface area contributed by atoms with Gasteiger partial charge in [0.1, 0.15) is 17.3 Å². The zero-order valence-corrected chi connectivity index (χ0v) is 34.3. The number of anilines is 3. The number of aryl methyl sites for hydroxylation is 2. The van der Waals surface area contributed by atoms with Crippen LogP contribution in [0.2, 0.25) is 10.0 Å². The summed E-state index contributed by atoms with van der Waals surface area (Å²) in [5, 5.41) is 17.1. The van der Waals surface area contributed by atoms with Crippen molar-refractivity contribution in [2.75, 3.05) is 41.0 Å². The molecule has 5 aromatic rings. The summed E-state index contributed by atoms with van der Waals surface area (Å²) in [4.78, 5) is 64.7. The number of morpholine rings is 1. The molecule has 0 bridgehead atoms. The molecular formula is C44H39Cl2N5O6S. The van der Waals surface area contributed by atoms with Gasteiger partial charge < -0.3 is 14.7 Å². The number of carbonyl (C=O) groups is 4. The first-order valence-corrected chi connectivity index (χ1v) is 21.0. The van der Waals surface area contributed by atoms with Gasteiger partial charge in [0.15, 0.2) is 0 Å². The van der Waals surface area contributed by atoms with Crippen molar-refractivity contribution in [2.24, 2.45) is 36.1 Å². The molecule has 3 saturated heterocycles. The van der Waals surface area contributed by atoms with Crippen molar-refractivity contribution in [3.8, 4) is 16.3 Å². The fourth-order valence-electron chi connectivity index (χ4n) is 10.4. The number of aromatic nitrogens is 2. The minimum atomic E-state index is -1.32. The van der Waals surface area contributed by atoms with Crippen molar-refractivity contribution in [1.29, 1.82) is 0 Å². The summed E-state index contributed by atoms with van der Waals surface area (Å²) in [6.07, 6.45) is 2.49. The molecule has 58 heavy (non-hydrogen) atoms. The third-order valence-electron chi connectivity index (χ3n) is 13.3. The lowest BCUT2D eigenvalue weighted by atomic mass is 9.51. The Morgan fingerprint density at radius 2 is 1.62 bits per heavy atom. The highest BCUT2D eigenvalue weighted by Crippen LogP contribution is 2.64. The maximum atomic E-state index is 15.2. The number of phenols is 1. The van der Waals surface area contributed by atoms with Gasteiger partial charge in [-0.05, 0) is 104 Å². The topological polar surface area (TPSA) is 125 Å². The van der Waals surface area contributed by atoms with Gasteiger partial charge in [-0.25, -0.2) is 4.90 Å². The molecule has 2 aliphatic carbocycles. The summed E-state index contributed by atoms with van der Waals surface area (Å²) in [6, 6.07) is 19.7. The van der Waals surface area contributed by atoms with Gasteiger partial charge in [-0.3, -0.25) is 28.8 Å². The Labute approximate surface area is 348 Å². The number of aromatic hydroxyl groups is 1. The summed E-state index contributed by atoms with van der Waals surface area (Å²) in [7, 11) is 1.72. The second-order valence-corrected chi connectivity index (χ2v) is 18.1. The van der Waals surface area contributed by atoms with E-state index in [2.05, 4.69) is 4.90 Å². The smallest absolute Gasteiger partial charge is 0.242 e. The second kappa shape index (κ2) is 13.5. The standard InChI is InChI=1S/C44H39Cl2N5O6S/c1-22-30-18-23(45)4-13-35(30)58-39(22)34-21-36(48(3)47-34)51-41(54)32-20-31-27(38(44(32,2)43(51)56)28-10-9-26(52)19-33(28)46)11-12-29-37(31)42(55)50(40(29)53)25-7-5-24(6-8-25)49-14-16-57-17-15-49/h4-11,13,18-19,21,29,31-32,37-38,52H,12,14-17,20H2,1-3H3. The number of carbonyl (C=O) groups excluding carboxylic acids is 4. The van der Waals surface area contributed by atoms with Crippen LogP contribution in [-0.2, 0) is 31.0 Å². The molecule has 1 N–H and O–H groups in total. The molecule has 5 heterocycles. The van der Waals surface area contributed by atoms with Crippen LogP contribution in [-0.4, -0.2) is 64.8 Å². The number of imide groups is 2. The number of ether oxygens (including phenoxy) is 1. The zero-order chi connectivity index (χ0) is 40.4. The van der Waals surface area contributed by atoms with Crippen molar-refractivity contribution < 1.29 is 29.0 Å². The fourth-order valence-corrected chi connectivity index (χ4v) is 12.0. The van der Waals surface area contributed by atoms with Crippen molar-refractivity contribution >= 4 is 85.4 Å². The maximum absolute atomic E-state index is 15.2. The molecule has 296 valence electrons. The molecule has 6 unspecified atom stereocenters. The molecule has 3 aliphatic heterocycles. The molecule has 1 saturated carbocycles. The normalized spacial score (nSPS) is 27.0. The molecule has 11 nitrogen and oxygen atoms in total. The minimum Gasteiger partial charge on any atom is -0.508 e. The number of nitrogens with zero attached hydrogens (tertiary/aromatic N) is 5. The van der Waals surface area contributed by atoms with Crippen LogP contribution in [0.15, 0.2) is 78.4 Å². The second-order valence-electron chi connectivity index (χ2n) is 16.2. The van der Waals surface area contributed by atoms with E-state index in [1.165, 1.54) is 21.9 Å². The SMILES string of the molecule is Cc1c(-c2cc(N3C(=O)C4CC5C(=CCC6C(=O)N(c7ccc(N8CCOCC8)cc7)C(=O)C65)C(c5ccc(O)cc5Cl)C4(C)C3=O)n(C)n2)sc2ccc(Cl)cc12. The lowest BCUT2D eigenvalue weighted by Gasteiger charge is -2.49. The van der Waals surface area contributed by atoms with Crippen molar-refractivity contribution in [2.45, 2.75) is 32.6 Å². The molecule has 5 aliphatic rings. The Morgan fingerprint density at radius 1 is 0.879 bits per heavy atom. The first kappa shape index (κ1) is 37.3. The van der Waals surface area contributed by atoms with Gasteiger partial charge >= 0.3 is 0 Å². The van der Waals surface area contributed by atoms with E-state index >= 15 is 4.79 Å². The lowest BCUT2D eigenvalue weighted by Crippen LogP contribution is -2.49. The number of hydrogen-bond donors (Lipinski definition) is 1. The van der Waals surface area contributed by atoms with Gasteiger partial charge in [-0.15, -0.1) is 11.3 Å². The molecule has 4 amide bonds. The van der Waals surface area contributed by atoms with Crippen LogP contribution < -0.4 is 14.7 Å². The molecular weight excluding hydrogens is 797 g/mol. The van der Waals surface area contributed by atoms with Gasteiger partial charge in [0.05, 0.1) is 46.9 Å². The van der Waals surface area contributed by atoms with Crippen LogP contribution >= 0.6 is 34.5 Å². The highest BCUT2D eigenvalue weighted by molar-refractivity contribution is 7.22. The molecule has 6 atom stereocenters. The third kappa shape index (κ3) is 5.37. The number of amides is 4. The molecule has 10 rings (SSSR count). The highest BCUT2D eigenvalue weighted by Gasteiger charge is 2.68. The summed E-state index contributed by atoms with van der Waals surface area (Å²) in [5.41, 5.74) is 3.18. The van der Waals surface area contributed by atoms with Crippen LogP contribution in [0, 0.1) is 36.0 Å². The maximum Gasteiger partial charge on any atom is 0.242 e. The van der Waals surface area contributed by atoms with E-state index in [0.29, 0.717) is 47.4 Å². The number of hydrogen-bond acceptors (Lipinski definition) is 9. The van der Waals surface area contributed by atoms with Gasteiger partial charge in [0, 0.05) is 52.6 Å². The van der Waals surface area contributed by atoms with Crippen LogP contribution in [0.4, 0.5) is 17.2 Å². The monoisotopic (exact) mass is 835 g/mol. The molecule has 3 aromatic carbocycles. The number of benzene rings is 3. The number of rotatable bonds is 5. The molecule has 14 heteroatoms. The predicted molar refractivity (Wildman–Crippen MR) is 223 cm³/mol. The van der Waals surface area contributed by atoms with Crippen molar-refractivity contribution in [3.63, 3.8) is 0 Å². The Morgan fingerprint density at radius 3 is 2.36 bits per heavy atom. The minimum absolute atomic E-state index is 0.0379. The van der Waals surface area contributed by atoms with E-state index < -0.39 is 46.8 Å². The lowest BCUT2D eigenvalue weighted by molar-refractivity contribution is -0.131. The number of fused-ring (bicyclic) bond motifs is 5.